The van der Waals surface area contributed by atoms with Gasteiger partial charge >= 0.3 is 0 Å². The summed E-state index contributed by atoms with van der Waals surface area (Å²) < 4.78 is 48.9. The van der Waals surface area contributed by atoms with E-state index in [1.165, 1.54) is 10.8 Å². The van der Waals surface area contributed by atoms with E-state index in [-0.39, 0.29) is 31.6 Å². The number of aromatic nitrogens is 4. The van der Waals surface area contributed by atoms with E-state index in [0.29, 0.717) is 34.7 Å². The second-order valence-corrected chi connectivity index (χ2v) is 20.3. The van der Waals surface area contributed by atoms with Crippen molar-refractivity contribution in [1.29, 1.82) is 0 Å². The molecule has 0 bridgehead atoms. The van der Waals surface area contributed by atoms with Crippen LogP contribution in [0.1, 0.15) is 37.4 Å². The largest absolute Gasteiger partial charge is 0.498 e. The Morgan fingerprint density at radius 3 is 2.28 bits per heavy atom. The fourth-order valence-corrected chi connectivity index (χ4v) is 7.94. The monoisotopic (exact) mass is 944 g/mol. The first-order valence-electron chi connectivity index (χ1n) is 21.4. The number of fused-ring (bicyclic) bond motifs is 4. The molecule has 5 aromatic carbocycles. The summed E-state index contributed by atoms with van der Waals surface area (Å²) in [6, 6.07) is 47.3. The molecular weight excluding hydrogens is 893 g/mol. The number of nitrogens with zero attached hydrogens (tertiary/aromatic N) is 4. The fraction of sp³-hybridized carbons (Fsp3) is 0.180. The molecule has 0 aliphatic heterocycles. The maximum atomic E-state index is 8.54. The predicted octanol–water partition coefficient (Wildman–Crippen LogP) is 12.1. The third kappa shape index (κ3) is 8.47. The molecule has 0 N–H and O–H groups in total. The standard InChI is InChI=1S/C32H22N3O.C18H24NSi.Ir/c1-21-14-16-23(17-15-21)29-31-25(18-19-33-29)24-10-7-11-26(30(24)36-31)32-34-27-12-5-6-13-28(27)35(32)20-22-8-3-2-4-9-22;1-14(2)11-16-12-17(20(3,4)5)13-19-18(16)15-9-7-6-8-10-15;/h2-10,12-19H,20H2,1H3;6-9,12-14H,11H2,1-5H3;/q2*-1;/i1D3;11D2;. The molecule has 0 saturated heterocycles. The van der Waals surface area contributed by atoms with Crippen LogP contribution >= 0.6 is 0 Å². The molecule has 0 fully saturated rings. The van der Waals surface area contributed by atoms with Crippen LogP contribution in [0.2, 0.25) is 19.6 Å². The van der Waals surface area contributed by atoms with Gasteiger partial charge in [0.1, 0.15) is 11.3 Å². The van der Waals surface area contributed by atoms with Gasteiger partial charge in [0.25, 0.3) is 0 Å². The number of rotatable bonds is 8. The van der Waals surface area contributed by atoms with Crippen LogP contribution in [0, 0.1) is 24.9 Å². The number of imidazole rings is 1. The molecule has 5 nitrogen and oxygen atoms in total. The topological polar surface area (TPSA) is 56.7 Å². The number of pyridine rings is 2. The van der Waals surface area contributed by atoms with Gasteiger partial charge in [0.2, 0.25) is 0 Å². The molecule has 57 heavy (non-hydrogen) atoms. The van der Waals surface area contributed by atoms with E-state index in [4.69, 9.17) is 16.3 Å². The van der Waals surface area contributed by atoms with Crippen molar-refractivity contribution in [2.45, 2.75) is 53.3 Å². The van der Waals surface area contributed by atoms with Crippen molar-refractivity contribution in [3.8, 4) is 33.9 Å². The van der Waals surface area contributed by atoms with Crippen LogP contribution in [0.3, 0.4) is 0 Å². The summed E-state index contributed by atoms with van der Waals surface area (Å²) in [6.07, 6.45) is 2.26. The molecular formula is C50H46IrN4OSi-2. The minimum atomic E-state index is -2.16. The Morgan fingerprint density at radius 2 is 1.54 bits per heavy atom. The Balaban J connectivity index is 0.000000215. The van der Waals surface area contributed by atoms with Gasteiger partial charge in [-0.3, -0.25) is 9.97 Å². The summed E-state index contributed by atoms with van der Waals surface area (Å²) in [6.45, 7) is 9.10. The van der Waals surface area contributed by atoms with E-state index in [2.05, 4.69) is 64.5 Å². The number of aryl methyl sites for hydroxylation is 1. The summed E-state index contributed by atoms with van der Waals surface area (Å²) >= 11 is 0. The van der Waals surface area contributed by atoms with Gasteiger partial charge < -0.3 is 14.0 Å². The van der Waals surface area contributed by atoms with Crippen molar-refractivity contribution >= 4 is 46.2 Å². The van der Waals surface area contributed by atoms with Gasteiger partial charge in [0.15, 0.2) is 0 Å². The molecule has 7 heteroatoms. The van der Waals surface area contributed by atoms with E-state index in [1.807, 2.05) is 105 Å². The molecule has 0 aliphatic carbocycles. The Kier molecular flexibility index (Phi) is 10.0. The summed E-state index contributed by atoms with van der Waals surface area (Å²) in [5.41, 5.74) is 9.19. The van der Waals surface area contributed by atoms with Crippen LogP contribution in [0.4, 0.5) is 0 Å². The molecule has 0 atom stereocenters. The zero-order chi connectivity index (χ0) is 43.1. The van der Waals surface area contributed by atoms with Crippen molar-refractivity contribution in [2.24, 2.45) is 5.92 Å². The Hall–Kier alpha value is -5.46. The van der Waals surface area contributed by atoms with E-state index < -0.39 is 21.3 Å². The molecule has 9 aromatic rings. The van der Waals surface area contributed by atoms with Crippen LogP contribution in [0.5, 0.6) is 0 Å². The average Bonchev–Trinajstić information content (AvgIpc) is 3.82. The summed E-state index contributed by atoms with van der Waals surface area (Å²) in [7, 11) is -1.54. The zero-order valence-electron chi connectivity index (χ0n) is 37.6. The van der Waals surface area contributed by atoms with Crippen LogP contribution in [0.15, 0.2) is 144 Å². The molecule has 9 rings (SSSR count). The molecule has 4 heterocycles. The zero-order valence-corrected chi connectivity index (χ0v) is 36.0. The summed E-state index contributed by atoms with van der Waals surface area (Å²) in [5, 5.41) is 3.06. The minimum Gasteiger partial charge on any atom is -0.498 e. The Labute approximate surface area is 357 Å². The van der Waals surface area contributed by atoms with Gasteiger partial charge in [0.05, 0.1) is 30.5 Å². The predicted molar refractivity (Wildman–Crippen MR) is 235 cm³/mol. The maximum Gasteiger partial charge on any atom is 0.147 e. The van der Waals surface area contributed by atoms with Crippen LogP contribution in [0.25, 0.3) is 66.9 Å². The van der Waals surface area contributed by atoms with Crippen LogP contribution in [-0.2, 0) is 33.0 Å². The molecule has 0 saturated carbocycles. The first-order valence-corrected chi connectivity index (χ1v) is 22.4. The van der Waals surface area contributed by atoms with E-state index in [1.54, 1.807) is 30.5 Å². The fourth-order valence-electron chi connectivity index (χ4n) is 6.91. The van der Waals surface area contributed by atoms with Gasteiger partial charge in [0, 0.05) is 56.8 Å². The minimum absolute atomic E-state index is 0. The third-order valence-electron chi connectivity index (χ3n) is 9.73. The van der Waals surface area contributed by atoms with E-state index in [9.17, 15) is 0 Å². The van der Waals surface area contributed by atoms with Gasteiger partial charge in [-0.05, 0) is 53.8 Å². The van der Waals surface area contributed by atoms with Gasteiger partial charge in [-0.1, -0.05) is 128 Å². The van der Waals surface area contributed by atoms with E-state index in [0.717, 1.165) is 44.3 Å². The summed E-state index contributed by atoms with van der Waals surface area (Å²) in [4.78, 5) is 14.3. The molecule has 1 radical (unpaired) electrons. The van der Waals surface area contributed by atoms with Crippen molar-refractivity contribution in [3.05, 3.63) is 169 Å². The average molecular weight is 944 g/mol. The molecule has 0 unspecified atom stereocenters. The maximum absolute atomic E-state index is 8.54. The first kappa shape index (κ1) is 33.7. The number of hydrogen-bond donors (Lipinski definition) is 0. The first-order chi connectivity index (χ1) is 29.1. The van der Waals surface area contributed by atoms with Crippen molar-refractivity contribution in [1.82, 2.24) is 19.5 Å². The van der Waals surface area contributed by atoms with Crippen LogP contribution in [-0.4, -0.2) is 27.6 Å². The van der Waals surface area contributed by atoms with Crippen molar-refractivity contribution in [3.63, 3.8) is 0 Å². The molecule has 4 aromatic heterocycles. The number of hydrogen-bond acceptors (Lipinski definition) is 4. The molecule has 0 amide bonds. The van der Waals surface area contributed by atoms with Crippen molar-refractivity contribution < 1.29 is 31.4 Å². The van der Waals surface area contributed by atoms with Gasteiger partial charge in [-0.15, -0.1) is 54.1 Å². The normalized spacial score (nSPS) is 13.3. The molecule has 0 spiro atoms. The SMILES string of the molecule is [2H]C([2H])([2H])c1ccc(-c2nccc3c2oc2c(-c4nc5ccccc5n4Cc4ccccc4)[c-]ccc23)cc1.[2H]C([2H])(c1cc([Si](C)(C)C)cnc1-c1[c-]cccc1)C(C)C.[Ir]. The smallest absolute Gasteiger partial charge is 0.147 e. The number of para-hydroxylation sites is 2. The molecule has 0 aliphatic rings. The molecule has 287 valence electrons. The van der Waals surface area contributed by atoms with Crippen molar-refractivity contribution in [2.75, 3.05) is 0 Å². The summed E-state index contributed by atoms with van der Waals surface area (Å²) in [5.74, 6) is 0.662. The Bertz CT molecular complexity index is 2980. The van der Waals surface area contributed by atoms with Gasteiger partial charge in [-0.25, -0.2) is 0 Å². The third-order valence-corrected chi connectivity index (χ3v) is 11.7. The quantitative estimate of drug-likeness (QED) is 0.112. The van der Waals surface area contributed by atoms with Gasteiger partial charge in [-0.2, -0.15) is 0 Å². The second-order valence-electron chi connectivity index (χ2n) is 15.3. The number of benzene rings is 5. The van der Waals surface area contributed by atoms with Crippen LogP contribution < -0.4 is 5.19 Å². The van der Waals surface area contributed by atoms with E-state index >= 15 is 0 Å². The second kappa shape index (κ2) is 16.9. The number of furan rings is 1. The Morgan fingerprint density at radius 1 is 0.789 bits per heavy atom.